The van der Waals surface area contributed by atoms with Crippen LogP contribution in [0.15, 0.2) is 27.1 Å². The van der Waals surface area contributed by atoms with Crippen LogP contribution in [0, 0.1) is 5.92 Å². The maximum Gasteiger partial charge on any atom is 0.309 e. The van der Waals surface area contributed by atoms with E-state index in [1.54, 1.807) is 4.90 Å². The normalized spacial score (nSPS) is 26.1. The van der Waals surface area contributed by atoms with Crippen LogP contribution in [0.3, 0.4) is 0 Å². The Morgan fingerprint density at radius 2 is 1.95 bits per heavy atom. The summed E-state index contributed by atoms with van der Waals surface area (Å²) < 4.78 is 1.78. The first-order valence-electron chi connectivity index (χ1n) is 6.48. The Balaban J connectivity index is 2.02. The highest BCUT2D eigenvalue weighted by molar-refractivity contribution is 9.13. The van der Waals surface area contributed by atoms with E-state index in [0.717, 1.165) is 27.4 Å². The second-order valence-corrected chi connectivity index (χ2v) is 7.01. The van der Waals surface area contributed by atoms with Crippen molar-refractivity contribution in [1.82, 2.24) is 4.90 Å². The van der Waals surface area contributed by atoms with Gasteiger partial charge >= 0.3 is 5.97 Å². The molecule has 1 aliphatic carbocycles. The van der Waals surface area contributed by atoms with Crippen LogP contribution in [0.4, 0.5) is 0 Å². The molecule has 1 saturated carbocycles. The number of amides is 1. The van der Waals surface area contributed by atoms with E-state index < -0.39 is 11.9 Å². The van der Waals surface area contributed by atoms with Gasteiger partial charge in [0.15, 0.2) is 0 Å². The molecule has 0 bridgehead atoms. The van der Waals surface area contributed by atoms with E-state index in [0.29, 0.717) is 0 Å². The fraction of sp³-hybridized carbons (Fsp3) is 0.429. The summed E-state index contributed by atoms with van der Waals surface area (Å²) in [5.74, 6) is -1.59. The van der Waals surface area contributed by atoms with Gasteiger partial charge in [-0.05, 0) is 62.4 Å². The molecule has 4 nitrogen and oxygen atoms in total. The number of aliphatic carboxylic acids is 1. The van der Waals surface area contributed by atoms with Gasteiger partial charge in [-0.1, -0.05) is 6.07 Å². The number of rotatable bonds is 3. The van der Waals surface area contributed by atoms with Crippen molar-refractivity contribution < 1.29 is 14.7 Å². The first-order chi connectivity index (χ1) is 9.49. The predicted octanol–water partition coefficient (Wildman–Crippen LogP) is 3.35. The predicted molar refractivity (Wildman–Crippen MR) is 80.2 cm³/mol. The molecule has 0 spiro atoms. The van der Waals surface area contributed by atoms with Crippen molar-refractivity contribution in [3.63, 3.8) is 0 Å². The fourth-order valence-electron chi connectivity index (χ4n) is 2.85. The Hall–Kier alpha value is -0.880. The van der Waals surface area contributed by atoms with Crippen LogP contribution in [0.1, 0.15) is 30.9 Å². The van der Waals surface area contributed by atoms with E-state index in [-0.39, 0.29) is 24.4 Å². The number of carboxylic acids is 1. The summed E-state index contributed by atoms with van der Waals surface area (Å²) in [6.07, 6.45) is 2.06. The molecule has 1 saturated heterocycles. The van der Waals surface area contributed by atoms with Crippen LogP contribution in [0.2, 0.25) is 0 Å². The number of carbonyl (C=O) groups is 2. The number of carbonyl (C=O) groups excluding carboxylic acids is 1. The second-order valence-electron chi connectivity index (χ2n) is 5.30. The summed E-state index contributed by atoms with van der Waals surface area (Å²) in [6.45, 7) is 0. The van der Waals surface area contributed by atoms with Gasteiger partial charge in [0.25, 0.3) is 0 Å². The molecule has 3 rings (SSSR count). The van der Waals surface area contributed by atoms with E-state index in [9.17, 15) is 14.7 Å². The number of carboxylic acid groups (broad SMARTS) is 1. The van der Waals surface area contributed by atoms with Gasteiger partial charge in [-0.3, -0.25) is 9.59 Å². The average molecular weight is 403 g/mol. The van der Waals surface area contributed by atoms with Crippen molar-refractivity contribution in [2.45, 2.75) is 31.3 Å². The van der Waals surface area contributed by atoms with Gasteiger partial charge in [-0.2, -0.15) is 0 Å². The molecule has 0 aromatic heterocycles. The van der Waals surface area contributed by atoms with Crippen molar-refractivity contribution in [3.05, 3.63) is 32.7 Å². The molecule has 106 valence electrons. The summed E-state index contributed by atoms with van der Waals surface area (Å²) in [5.41, 5.74) is 0.880. The molecule has 0 radical (unpaired) electrons. The van der Waals surface area contributed by atoms with Crippen LogP contribution in [0.5, 0.6) is 0 Å². The van der Waals surface area contributed by atoms with Crippen molar-refractivity contribution >= 4 is 43.7 Å². The van der Waals surface area contributed by atoms with E-state index in [1.165, 1.54) is 0 Å². The highest BCUT2D eigenvalue weighted by atomic mass is 79.9. The van der Waals surface area contributed by atoms with Crippen molar-refractivity contribution in [3.8, 4) is 0 Å². The van der Waals surface area contributed by atoms with Crippen molar-refractivity contribution in [2.75, 3.05) is 0 Å². The molecule has 1 amide bonds. The maximum absolute atomic E-state index is 12.1. The highest BCUT2D eigenvalue weighted by Crippen LogP contribution is 2.45. The highest BCUT2D eigenvalue weighted by Gasteiger charge is 2.49. The zero-order valence-corrected chi connectivity index (χ0v) is 13.7. The Morgan fingerprint density at radius 3 is 2.50 bits per heavy atom. The number of halogens is 2. The minimum atomic E-state index is -0.898. The number of likely N-dealkylation sites (tertiary alicyclic amines) is 1. The SMILES string of the molecule is O=C(O)C1CC(=O)N(C2CC2)C1c1ccc(Br)c(Br)c1. The summed E-state index contributed by atoms with van der Waals surface area (Å²) >= 11 is 6.85. The summed E-state index contributed by atoms with van der Waals surface area (Å²) in [7, 11) is 0. The lowest BCUT2D eigenvalue weighted by molar-refractivity contribution is -0.142. The topological polar surface area (TPSA) is 57.6 Å². The Kier molecular flexibility index (Phi) is 3.62. The van der Waals surface area contributed by atoms with Gasteiger partial charge < -0.3 is 10.0 Å². The first-order valence-corrected chi connectivity index (χ1v) is 8.06. The zero-order valence-electron chi connectivity index (χ0n) is 10.6. The second kappa shape index (κ2) is 5.15. The third kappa shape index (κ3) is 2.39. The van der Waals surface area contributed by atoms with Crippen LogP contribution in [-0.4, -0.2) is 27.9 Å². The van der Waals surface area contributed by atoms with Gasteiger partial charge in [0.1, 0.15) is 0 Å². The first kappa shape index (κ1) is 14.1. The van der Waals surface area contributed by atoms with Gasteiger partial charge in [0, 0.05) is 21.4 Å². The molecule has 1 aromatic carbocycles. The van der Waals surface area contributed by atoms with Gasteiger partial charge in [-0.15, -0.1) is 0 Å². The number of hydrogen-bond donors (Lipinski definition) is 1. The molecule has 1 aliphatic heterocycles. The molecule has 1 N–H and O–H groups in total. The molecule has 1 aromatic rings. The standard InChI is InChI=1S/C14H13Br2NO3/c15-10-4-1-7(5-11(10)16)13-9(14(19)20)6-12(18)17(13)8-2-3-8/h1,4-5,8-9,13H,2-3,6H2,(H,19,20). The third-order valence-corrected chi connectivity index (χ3v) is 5.79. The molecule has 20 heavy (non-hydrogen) atoms. The average Bonchev–Trinajstić information content (AvgIpc) is 3.16. The number of hydrogen-bond acceptors (Lipinski definition) is 2. The molecule has 1 heterocycles. The van der Waals surface area contributed by atoms with E-state index in [1.807, 2.05) is 18.2 Å². The summed E-state index contributed by atoms with van der Waals surface area (Å²) in [6, 6.07) is 5.55. The Morgan fingerprint density at radius 1 is 1.25 bits per heavy atom. The third-order valence-electron chi connectivity index (χ3n) is 3.91. The Labute approximate surface area is 133 Å². The van der Waals surface area contributed by atoms with E-state index in [2.05, 4.69) is 31.9 Å². The lowest BCUT2D eigenvalue weighted by atomic mass is 9.94. The molecular weight excluding hydrogens is 390 g/mol. The monoisotopic (exact) mass is 401 g/mol. The fourth-order valence-corrected chi connectivity index (χ4v) is 3.49. The summed E-state index contributed by atoms with van der Waals surface area (Å²) in [5, 5.41) is 9.41. The van der Waals surface area contributed by atoms with Gasteiger partial charge in [0.05, 0.1) is 12.0 Å². The minimum absolute atomic E-state index is 0.0380. The molecular formula is C14H13Br2NO3. The Bertz CT molecular complexity index is 586. The van der Waals surface area contributed by atoms with Gasteiger partial charge in [-0.25, -0.2) is 0 Å². The zero-order chi connectivity index (χ0) is 14.4. The van der Waals surface area contributed by atoms with E-state index >= 15 is 0 Å². The van der Waals surface area contributed by atoms with Gasteiger partial charge in [0.2, 0.25) is 5.91 Å². The quantitative estimate of drug-likeness (QED) is 0.843. The molecule has 2 unspecified atom stereocenters. The van der Waals surface area contributed by atoms with Crippen molar-refractivity contribution in [1.29, 1.82) is 0 Å². The van der Waals surface area contributed by atoms with Crippen LogP contribution >= 0.6 is 31.9 Å². The smallest absolute Gasteiger partial charge is 0.309 e. The minimum Gasteiger partial charge on any atom is -0.481 e. The molecule has 2 atom stereocenters. The lowest BCUT2D eigenvalue weighted by Gasteiger charge is -2.27. The largest absolute Gasteiger partial charge is 0.481 e. The lowest BCUT2D eigenvalue weighted by Crippen LogP contribution is -2.32. The maximum atomic E-state index is 12.1. The summed E-state index contributed by atoms with van der Waals surface area (Å²) in [4.78, 5) is 25.4. The van der Waals surface area contributed by atoms with Crippen LogP contribution in [0.25, 0.3) is 0 Å². The van der Waals surface area contributed by atoms with Crippen LogP contribution < -0.4 is 0 Å². The van der Waals surface area contributed by atoms with Crippen LogP contribution in [-0.2, 0) is 9.59 Å². The van der Waals surface area contributed by atoms with Crippen molar-refractivity contribution in [2.24, 2.45) is 5.92 Å². The molecule has 2 aliphatic rings. The number of benzene rings is 1. The number of nitrogens with zero attached hydrogens (tertiary/aromatic N) is 1. The van der Waals surface area contributed by atoms with E-state index in [4.69, 9.17) is 0 Å². The molecule has 6 heteroatoms. The molecule has 2 fully saturated rings.